The van der Waals surface area contributed by atoms with Crippen LogP contribution >= 0.6 is 0 Å². The molecule has 3 fully saturated rings. The van der Waals surface area contributed by atoms with Crippen LogP contribution in [0.1, 0.15) is 32.8 Å². The highest BCUT2D eigenvalue weighted by molar-refractivity contribution is 7.91. The summed E-state index contributed by atoms with van der Waals surface area (Å²) in [6, 6.07) is 14.9. The molecule has 2 bridgehead atoms. The van der Waals surface area contributed by atoms with Crippen molar-refractivity contribution < 1.29 is 23.1 Å². The second-order valence-electron chi connectivity index (χ2n) is 10.3. The van der Waals surface area contributed by atoms with Crippen LogP contribution in [0.4, 0.5) is 10.5 Å². The van der Waals surface area contributed by atoms with Crippen LogP contribution in [-0.2, 0) is 15.3 Å². The van der Waals surface area contributed by atoms with Crippen LogP contribution in [0, 0.1) is 5.41 Å². The highest BCUT2D eigenvalue weighted by Gasteiger charge is 2.54. The molecule has 0 saturated carbocycles. The zero-order valence-corrected chi connectivity index (χ0v) is 21.4. The van der Waals surface area contributed by atoms with Gasteiger partial charge in [-0.2, -0.15) is 0 Å². The molecular weight excluding hydrogens is 466 g/mol. The molecule has 8 nitrogen and oxygen atoms in total. The Hall–Kier alpha value is -2.78. The van der Waals surface area contributed by atoms with E-state index >= 15 is 0 Å². The van der Waals surface area contributed by atoms with Gasteiger partial charge in [-0.3, -0.25) is 0 Å². The molecule has 35 heavy (non-hydrogen) atoms. The molecule has 0 spiro atoms. The Labute approximate surface area is 207 Å². The van der Waals surface area contributed by atoms with Gasteiger partial charge in [0.15, 0.2) is 9.84 Å². The van der Waals surface area contributed by atoms with Gasteiger partial charge in [-0.15, -0.1) is 0 Å². The number of sulfone groups is 1. The maximum atomic E-state index is 12.5. The lowest BCUT2D eigenvalue weighted by molar-refractivity contribution is 0.140. The van der Waals surface area contributed by atoms with Gasteiger partial charge < -0.3 is 25.4 Å². The number of hydrogen-bond acceptors (Lipinski definition) is 6. The normalized spacial score (nSPS) is 23.7. The van der Waals surface area contributed by atoms with Gasteiger partial charge in [0.05, 0.1) is 23.3 Å². The van der Waals surface area contributed by atoms with E-state index in [2.05, 4.69) is 18.7 Å². The minimum absolute atomic E-state index is 0.00336. The molecule has 9 heteroatoms. The van der Waals surface area contributed by atoms with Gasteiger partial charge in [0.1, 0.15) is 5.75 Å². The summed E-state index contributed by atoms with van der Waals surface area (Å²) in [5.41, 5.74) is 6.76. The molecule has 5 rings (SSSR count). The second kappa shape index (κ2) is 9.35. The Morgan fingerprint density at radius 1 is 1.11 bits per heavy atom. The van der Waals surface area contributed by atoms with Crippen molar-refractivity contribution in [3.63, 3.8) is 0 Å². The van der Waals surface area contributed by atoms with Crippen LogP contribution < -0.4 is 15.4 Å². The Bertz CT molecular complexity index is 1160. The molecule has 0 radical (unpaired) electrons. The molecule has 0 unspecified atom stereocenters. The average molecular weight is 502 g/mol. The highest BCUT2D eigenvalue weighted by Crippen LogP contribution is 2.50. The first-order valence-corrected chi connectivity index (χ1v) is 13.7. The first kappa shape index (κ1) is 25.3. The van der Waals surface area contributed by atoms with Gasteiger partial charge >= 0.3 is 6.09 Å². The van der Waals surface area contributed by atoms with Crippen molar-refractivity contribution in [1.29, 1.82) is 0 Å². The van der Waals surface area contributed by atoms with Crippen molar-refractivity contribution in [3.05, 3.63) is 54.1 Å². The number of ether oxygens (including phenoxy) is 1. The van der Waals surface area contributed by atoms with Crippen molar-refractivity contribution in [2.24, 2.45) is 11.1 Å². The average Bonchev–Trinajstić information content (AvgIpc) is 3.05. The van der Waals surface area contributed by atoms with Gasteiger partial charge in [-0.05, 0) is 60.7 Å². The van der Waals surface area contributed by atoms with E-state index in [4.69, 9.17) is 10.5 Å². The molecule has 3 aliphatic rings. The van der Waals surface area contributed by atoms with Crippen LogP contribution in [-0.4, -0.2) is 69.1 Å². The molecule has 2 aromatic rings. The van der Waals surface area contributed by atoms with Crippen molar-refractivity contribution in [2.75, 3.05) is 43.4 Å². The summed E-state index contributed by atoms with van der Waals surface area (Å²) in [5, 5.41) is 10.0. The summed E-state index contributed by atoms with van der Waals surface area (Å²) in [4.78, 5) is 16.3. The van der Waals surface area contributed by atoms with E-state index in [9.17, 15) is 18.3 Å². The monoisotopic (exact) mass is 501 g/mol. The number of nitrogens with zero attached hydrogens (tertiary/aromatic N) is 2. The van der Waals surface area contributed by atoms with Gasteiger partial charge in [-0.1, -0.05) is 26.0 Å². The third-order valence-corrected chi connectivity index (χ3v) is 9.16. The number of carboxylic acid groups (broad SMARTS) is 1. The lowest BCUT2D eigenvalue weighted by Gasteiger charge is -2.53. The Morgan fingerprint density at radius 3 is 2.34 bits per heavy atom. The van der Waals surface area contributed by atoms with Crippen molar-refractivity contribution in [1.82, 2.24) is 4.90 Å². The molecule has 190 valence electrons. The fourth-order valence-electron chi connectivity index (χ4n) is 5.89. The molecular formula is C26H35N3O5S. The SMILES string of the molecule is CCOc1ccc(N2C[C@]3(c4ccc(S(=O)(=O)CCN)cc4)CN(C(=O)O)C[C@@H]2C(C)(C)C3)cc1. The molecule has 2 atom stereocenters. The topological polar surface area (TPSA) is 113 Å². The molecule has 2 aromatic carbocycles. The van der Waals surface area contributed by atoms with Crippen molar-refractivity contribution >= 4 is 21.6 Å². The van der Waals surface area contributed by atoms with E-state index in [-0.39, 0.29) is 28.6 Å². The number of piperidine rings is 1. The van der Waals surface area contributed by atoms with Gasteiger partial charge in [0.25, 0.3) is 0 Å². The van der Waals surface area contributed by atoms with E-state index in [1.165, 1.54) is 4.90 Å². The Balaban J connectivity index is 1.78. The first-order chi connectivity index (χ1) is 16.5. The van der Waals surface area contributed by atoms with Crippen molar-refractivity contribution in [2.45, 2.75) is 43.5 Å². The highest BCUT2D eigenvalue weighted by atomic mass is 32.2. The predicted molar refractivity (Wildman–Crippen MR) is 136 cm³/mol. The van der Waals surface area contributed by atoms with Crippen LogP contribution in [0.15, 0.2) is 53.4 Å². The second-order valence-corrected chi connectivity index (χ2v) is 12.4. The van der Waals surface area contributed by atoms with Crippen LogP contribution in [0.25, 0.3) is 0 Å². The first-order valence-electron chi connectivity index (χ1n) is 12.0. The number of anilines is 1. The molecule has 3 heterocycles. The summed E-state index contributed by atoms with van der Waals surface area (Å²) in [6.07, 6.45) is -0.149. The van der Waals surface area contributed by atoms with Crippen molar-refractivity contribution in [3.8, 4) is 5.75 Å². The summed E-state index contributed by atoms with van der Waals surface area (Å²) >= 11 is 0. The number of fused-ring (bicyclic) bond motifs is 4. The zero-order valence-electron chi connectivity index (χ0n) is 20.6. The zero-order chi connectivity index (χ0) is 25.4. The maximum absolute atomic E-state index is 12.5. The molecule has 1 amide bonds. The Morgan fingerprint density at radius 2 is 1.77 bits per heavy atom. The molecule has 3 aliphatic heterocycles. The number of amides is 1. The number of benzene rings is 2. The minimum Gasteiger partial charge on any atom is -0.494 e. The smallest absolute Gasteiger partial charge is 0.407 e. The third kappa shape index (κ3) is 4.84. The number of hydrogen-bond donors (Lipinski definition) is 2. The summed E-state index contributed by atoms with van der Waals surface area (Å²) in [7, 11) is -3.44. The fraction of sp³-hybridized carbons (Fsp3) is 0.500. The molecule has 3 saturated heterocycles. The quantitative estimate of drug-likeness (QED) is 0.598. The van der Waals surface area contributed by atoms with E-state index in [1.54, 1.807) is 12.1 Å². The molecule has 0 aliphatic carbocycles. The predicted octanol–water partition coefficient (Wildman–Crippen LogP) is 3.35. The Kier molecular flexibility index (Phi) is 6.76. The van der Waals surface area contributed by atoms with Gasteiger partial charge in [0.2, 0.25) is 0 Å². The van der Waals surface area contributed by atoms with E-state index in [0.29, 0.717) is 26.2 Å². The van der Waals surface area contributed by atoms with E-state index < -0.39 is 21.3 Å². The summed E-state index contributed by atoms with van der Waals surface area (Å²) in [5.74, 6) is 0.691. The lowest BCUT2D eigenvalue weighted by atomic mass is 9.63. The van der Waals surface area contributed by atoms with Crippen LogP contribution in [0.5, 0.6) is 5.75 Å². The molecule has 0 aromatic heterocycles. The summed E-state index contributed by atoms with van der Waals surface area (Å²) < 4.78 is 30.6. The van der Waals surface area contributed by atoms with Crippen LogP contribution in [0.3, 0.4) is 0 Å². The van der Waals surface area contributed by atoms with E-state index in [0.717, 1.165) is 23.4 Å². The number of nitrogens with two attached hydrogens (primary N) is 1. The fourth-order valence-corrected chi connectivity index (χ4v) is 6.98. The third-order valence-electron chi connectivity index (χ3n) is 7.39. The largest absolute Gasteiger partial charge is 0.494 e. The lowest BCUT2D eigenvalue weighted by Crippen LogP contribution is -2.58. The van der Waals surface area contributed by atoms with E-state index in [1.807, 2.05) is 43.3 Å². The minimum atomic E-state index is -3.44. The standard InChI is InChI=1S/C26H35N3O5S/c1-4-34-21-9-7-20(8-10-21)29-18-26(16-25(2,3)23(29)15-28(17-26)24(30)31)19-5-11-22(12-6-19)35(32,33)14-13-27/h5-12,23H,4,13-18,27H2,1-3H3,(H,30,31)/t23-,26-/m1/s1. The van der Waals surface area contributed by atoms with Gasteiger partial charge in [-0.25, -0.2) is 13.2 Å². The summed E-state index contributed by atoms with van der Waals surface area (Å²) in [6.45, 7) is 8.37. The number of carbonyl (C=O) groups is 1. The number of rotatable bonds is 7. The van der Waals surface area contributed by atoms with Gasteiger partial charge in [0, 0.05) is 37.3 Å². The maximum Gasteiger partial charge on any atom is 0.407 e. The van der Waals surface area contributed by atoms with Crippen LogP contribution in [0.2, 0.25) is 0 Å². The molecule has 3 N–H and O–H groups in total.